The third kappa shape index (κ3) is 2.73. The largest absolute Gasteiger partial charge is 0.0879 e. The Morgan fingerprint density at radius 1 is 1.29 bits per heavy atom. The van der Waals surface area contributed by atoms with Crippen LogP contribution in [0.4, 0.5) is 0 Å². The summed E-state index contributed by atoms with van der Waals surface area (Å²) in [7, 11) is 0. The fraction of sp³-hybridized carbons (Fsp3) is 0.429. The molecule has 0 aliphatic rings. The van der Waals surface area contributed by atoms with Gasteiger partial charge in [-0.2, -0.15) is 0 Å². The van der Waals surface area contributed by atoms with Crippen molar-refractivity contribution < 1.29 is 0 Å². The average Bonchev–Trinajstić information content (AvgIpc) is 2.16. The van der Waals surface area contributed by atoms with E-state index < -0.39 is 0 Å². The maximum atomic E-state index is 2.26. The van der Waals surface area contributed by atoms with Gasteiger partial charge in [-0.15, -0.1) is 0 Å². The van der Waals surface area contributed by atoms with Gasteiger partial charge >= 0.3 is 0 Å². The number of hydrogen-bond acceptors (Lipinski definition) is 0. The second kappa shape index (κ2) is 4.99. The molecule has 0 radical (unpaired) electrons. The summed E-state index contributed by atoms with van der Waals surface area (Å²) in [6.45, 7) is 8.83. The molecule has 1 aromatic carbocycles. The summed E-state index contributed by atoms with van der Waals surface area (Å²) in [6.07, 6.45) is 3.35. The molecule has 0 aromatic heterocycles. The van der Waals surface area contributed by atoms with Crippen molar-refractivity contribution >= 4 is 0 Å². The molecule has 0 heteroatoms. The first-order valence-corrected chi connectivity index (χ1v) is 5.34. The Balaban J connectivity index is 2.83. The fourth-order valence-electron chi connectivity index (χ4n) is 1.67. The van der Waals surface area contributed by atoms with Crippen molar-refractivity contribution in [1.82, 2.24) is 0 Å². The van der Waals surface area contributed by atoms with Crippen molar-refractivity contribution in [3.05, 3.63) is 47.0 Å². The Kier molecular flexibility index (Phi) is 3.94. The third-order valence-electron chi connectivity index (χ3n) is 2.77. The minimum atomic E-state index is 0.652. The van der Waals surface area contributed by atoms with Crippen molar-refractivity contribution in [2.75, 3.05) is 0 Å². The SMILES string of the molecule is CC=C(Cc1ccccc1C)C(C)C. The van der Waals surface area contributed by atoms with Crippen molar-refractivity contribution in [2.24, 2.45) is 5.92 Å². The summed E-state index contributed by atoms with van der Waals surface area (Å²) < 4.78 is 0. The Labute approximate surface area is 87.7 Å². The van der Waals surface area contributed by atoms with Gasteiger partial charge in [0.1, 0.15) is 0 Å². The molecule has 0 spiro atoms. The summed E-state index contributed by atoms with van der Waals surface area (Å²) in [4.78, 5) is 0. The van der Waals surface area contributed by atoms with Crippen molar-refractivity contribution in [2.45, 2.75) is 34.1 Å². The Bertz CT molecular complexity index is 319. The van der Waals surface area contributed by atoms with E-state index >= 15 is 0 Å². The highest BCUT2D eigenvalue weighted by Crippen LogP contribution is 2.18. The van der Waals surface area contributed by atoms with Gasteiger partial charge in [0.2, 0.25) is 0 Å². The van der Waals surface area contributed by atoms with Crippen LogP contribution in [-0.2, 0) is 6.42 Å². The second-order valence-electron chi connectivity index (χ2n) is 4.12. The topological polar surface area (TPSA) is 0 Å². The summed E-state index contributed by atoms with van der Waals surface area (Å²) in [6, 6.07) is 8.63. The van der Waals surface area contributed by atoms with Crippen molar-refractivity contribution in [3.63, 3.8) is 0 Å². The lowest BCUT2D eigenvalue weighted by atomic mass is 9.93. The molecule has 0 fully saturated rings. The Hall–Kier alpha value is -1.04. The van der Waals surface area contributed by atoms with E-state index in [0.717, 1.165) is 6.42 Å². The van der Waals surface area contributed by atoms with Gasteiger partial charge < -0.3 is 0 Å². The molecule has 0 amide bonds. The van der Waals surface area contributed by atoms with Crippen LogP contribution in [0.2, 0.25) is 0 Å². The van der Waals surface area contributed by atoms with E-state index in [1.165, 1.54) is 16.7 Å². The van der Waals surface area contributed by atoms with E-state index in [0.29, 0.717) is 5.92 Å². The second-order valence-corrected chi connectivity index (χ2v) is 4.12. The smallest absolute Gasteiger partial charge is 0.00620 e. The van der Waals surface area contributed by atoms with Crippen LogP contribution in [0.15, 0.2) is 35.9 Å². The van der Waals surface area contributed by atoms with Crippen LogP contribution in [0.25, 0.3) is 0 Å². The molecular weight excluding hydrogens is 168 g/mol. The summed E-state index contributed by atoms with van der Waals surface area (Å²) in [5.41, 5.74) is 4.38. The van der Waals surface area contributed by atoms with Gasteiger partial charge in [-0.25, -0.2) is 0 Å². The number of rotatable bonds is 3. The molecule has 76 valence electrons. The molecule has 0 saturated carbocycles. The molecule has 1 aromatic rings. The van der Waals surface area contributed by atoms with Gasteiger partial charge in [0, 0.05) is 0 Å². The first kappa shape index (κ1) is 11.0. The van der Waals surface area contributed by atoms with Crippen LogP contribution in [0.1, 0.15) is 31.9 Å². The van der Waals surface area contributed by atoms with E-state index in [4.69, 9.17) is 0 Å². The van der Waals surface area contributed by atoms with Crippen LogP contribution >= 0.6 is 0 Å². The fourth-order valence-corrected chi connectivity index (χ4v) is 1.67. The van der Waals surface area contributed by atoms with Gasteiger partial charge in [-0.1, -0.05) is 49.8 Å². The van der Waals surface area contributed by atoms with Gasteiger partial charge in [0.25, 0.3) is 0 Å². The zero-order valence-corrected chi connectivity index (χ0v) is 9.67. The predicted molar refractivity (Wildman–Crippen MR) is 63.5 cm³/mol. The quantitative estimate of drug-likeness (QED) is 0.625. The summed E-state index contributed by atoms with van der Waals surface area (Å²) in [5, 5.41) is 0. The third-order valence-corrected chi connectivity index (χ3v) is 2.77. The molecule has 0 heterocycles. The molecular formula is C14H20. The van der Waals surface area contributed by atoms with Crippen LogP contribution < -0.4 is 0 Å². The molecule has 0 N–H and O–H groups in total. The number of allylic oxidation sites excluding steroid dienone is 2. The zero-order valence-electron chi connectivity index (χ0n) is 9.67. The maximum absolute atomic E-state index is 2.26. The molecule has 0 atom stereocenters. The molecule has 0 unspecified atom stereocenters. The van der Waals surface area contributed by atoms with E-state index in [1.54, 1.807) is 0 Å². The van der Waals surface area contributed by atoms with Crippen LogP contribution in [0, 0.1) is 12.8 Å². The monoisotopic (exact) mass is 188 g/mol. The summed E-state index contributed by atoms with van der Waals surface area (Å²) in [5.74, 6) is 0.652. The lowest BCUT2D eigenvalue weighted by molar-refractivity contribution is 0.737. The molecule has 0 aliphatic heterocycles. The summed E-state index contributed by atoms with van der Waals surface area (Å²) >= 11 is 0. The van der Waals surface area contributed by atoms with E-state index in [1.807, 2.05) is 0 Å². The highest BCUT2D eigenvalue weighted by molar-refractivity contribution is 5.30. The lowest BCUT2D eigenvalue weighted by Crippen LogP contribution is -1.99. The average molecular weight is 188 g/mol. The maximum Gasteiger partial charge on any atom is -0.00620 e. The molecule has 0 nitrogen and oxygen atoms in total. The minimum Gasteiger partial charge on any atom is -0.0879 e. The first-order chi connectivity index (χ1) is 6.65. The Morgan fingerprint density at radius 3 is 2.43 bits per heavy atom. The van der Waals surface area contributed by atoms with E-state index in [9.17, 15) is 0 Å². The zero-order chi connectivity index (χ0) is 10.6. The standard InChI is InChI=1S/C14H20/c1-5-13(11(2)3)10-14-9-7-6-8-12(14)4/h5-9,11H,10H2,1-4H3. The molecule has 0 aliphatic carbocycles. The van der Waals surface area contributed by atoms with Gasteiger partial charge in [-0.05, 0) is 37.3 Å². The van der Waals surface area contributed by atoms with Crippen LogP contribution in [-0.4, -0.2) is 0 Å². The molecule has 0 bridgehead atoms. The van der Waals surface area contributed by atoms with E-state index in [2.05, 4.69) is 58.0 Å². The molecule has 14 heavy (non-hydrogen) atoms. The highest BCUT2D eigenvalue weighted by atomic mass is 14.1. The number of aryl methyl sites for hydroxylation is 1. The lowest BCUT2D eigenvalue weighted by Gasteiger charge is -2.12. The van der Waals surface area contributed by atoms with Crippen molar-refractivity contribution in [3.8, 4) is 0 Å². The molecule has 0 saturated heterocycles. The normalized spacial score (nSPS) is 12.2. The Morgan fingerprint density at radius 2 is 1.93 bits per heavy atom. The van der Waals surface area contributed by atoms with Crippen LogP contribution in [0.3, 0.4) is 0 Å². The number of benzene rings is 1. The number of hydrogen-bond donors (Lipinski definition) is 0. The first-order valence-electron chi connectivity index (χ1n) is 5.34. The minimum absolute atomic E-state index is 0.652. The van der Waals surface area contributed by atoms with Gasteiger partial charge in [0.15, 0.2) is 0 Å². The highest BCUT2D eigenvalue weighted by Gasteiger charge is 2.04. The van der Waals surface area contributed by atoms with Crippen molar-refractivity contribution in [1.29, 1.82) is 0 Å². The van der Waals surface area contributed by atoms with Crippen LogP contribution in [0.5, 0.6) is 0 Å². The predicted octanol–water partition coefficient (Wildman–Crippen LogP) is 4.14. The van der Waals surface area contributed by atoms with Gasteiger partial charge in [-0.3, -0.25) is 0 Å². The van der Waals surface area contributed by atoms with E-state index in [-0.39, 0.29) is 0 Å². The molecule has 1 rings (SSSR count). The van der Waals surface area contributed by atoms with Gasteiger partial charge in [0.05, 0.1) is 0 Å².